The zero-order valence-corrected chi connectivity index (χ0v) is 19.4. The van der Waals surface area contributed by atoms with Gasteiger partial charge < -0.3 is 10.6 Å². The van der Waals surface area contributed by atoms with E-state index in [9.17, 15) is 0 Å². The van der Waals surface area contributed by atoms with E-state index < -0.39 is 0 Å². The van der Waals surface area contributed by atoms with Crippen LogP contribution in [0.25, 0.3) is 0 Å². The number of nitrogens with one attached hydrogen (secondary N) is 2. The summed E-state index contributed by atoms with van der Waals surface area (Å²) in [5.41, 5.74) is 3.74. The van der Waals surface area contributed by atoms with Crippen molar-refractivity contribution in [1.29, 1.82) is 0 Å². The zero-order valence-electron chi connectivity index (χ0n) is 17.1. The SMILES string of the molecule is CCNC(=NCCCC1CCCCC1)NCCc1c(C)nn(C)c1C.I. The lowest BCUT2D eigenvalue weighted by atomic mass is 9.86. The van der Waals surface area contributed by atoms with Gasteiger partial charge in [0.1, 0.15) is 0 Å². The van der Waals surface area contributed by atoms with Crippen molar-refractivity contribution < 1.29 is 0 Å². The molecule has 0 atom stereocenters. The van der Waals surface area contributed by atoms with Crippen LogP contribution in [0.15, 0.2) is 4.99 Å². The number of hydrogen-bond donors (Lipinski definition) is 2. The topological polar surface area (TPSA) is 54.2 Å². The van der Waals surface area contributed by atoms with E-state index in [1.54, 1.807) is 0 Å². The first-order valence-corrected chi connectivity index (χ1v) is 10.1. The van der Waals surface area contributed by atoms with Gasteiger partial charge in [0.05, 0.1) is 5.69 Å². The first kappa shape index (κ1) is 23.2. The second-order valence-corrected chi connectivity index (χ2v) is 7.36. The van der Waals surface area contributed by atoms with Crippen LogP contribution in [0.3, 0.4) is 0 Å². The number of guanidine groups is 1. The molecule has 1 fully saturated rings. The highest BCUT2D eigenvalue weighted by Crippen LogP contribution is 2.27. The molecule has 0 aliphatic heterocycles. The molecule has 1 aromatic rings. The molecule has 1 aliphatic rings. The summed E-state index contributed by atoms with van der Waals surface area (Å²) in [6, 6.07) is 0. The molecule has 0 unspecified atom stereocenters. The fourth-order valence-electron chi connectivity index (χ4n) is 3.87. The summed E-state index contributed by atoms with van der Waals surface area (Å²) in [5, 5.41) is 11.3. The van der Waals surface area contributed by atoms with Crippen molar-refractivity contribution in [3.8, 4) is 0 Å². The predicted octanol–water partition coefficient (Wildman–Crippen LogP) is 4.11. The Labute approximate surface area is 176 Å². The van der Waals surface area contributed by atoms with Crippen molar-refractivity contribution in [3.63, 3.8) is 0 Å². The minimum Gasteiger partial charge on any atom is -0.357 e. The molecule has 0 radical (unpaired) electrons. The fourth-order valence-corrected chi connectivity index (χ4v) is 3.87. The summed E-state index contributed by atoms with van der Waals surface area (Å²) in [4.78, 5) is 4.75. The van der Waals surface area contributed by atoms with Crippen LogP contribution >= 0.6 is 24.0 Å². The van der Waals surface area contributed by atoms with E-state index in [1.165, 1.54) is 56.2 Å². The Morgan fingerprint density at radius 2 is 1.92 bits per heavy atom. The summed E-state index contributed by atoms with van der Waals surface area (Å²) in [5.74, 6) is 1.90. The third-order valence-corrected chi connectivity index (χ3v) is 5.44. The number of hydrogen-bond acceptors (Lipinski definition) is 2. The highest BCUT2D eigenvalue weighted by molar-refractivity contribution is 14.0. The van der Waals surface area contributed by atoms with Crippen LogP contribution in [-0.2, 0) is 13.5 Å². The van der Waals surface area contributed by atoms with E-state index in [4.69, 9.17) is 4.99 Å². The van der Waals surface area contributed by atoms with Gasteiger partial charge in [0.15, 0.2) is 5.96 Å². The molecule has 5 nitrogen and oxygen atoms in total. The Kier molecular flexibility index (Phi) is 11.2. The number of nitrogens with zero attached hydrogens (tertiary/aromatic N) is 3. The molecular formula is C20H38IN5. The largest absolute Gasteiger partial charge is 0.357 e. The number of aromatic nitrogens is 2. The maximum Gasteiger partial charge on any atom is 0.191 e. The lowest BCUT2D eigenvalue weighted by molar-refractivity contribution is 0.334. The van der Waals surface area contributed by atoms with Crippen LogP contribution in [0.4, 0.5) is 0 Å². The molecule has 0 amide bonds. The molecule has 6 heteroatoms. The lowest BCUT2D eigenvalue weighted by Crippen LogP contribution is -2.38. The van der Waals surface area contributed by atoms with E-state index in [-0.39, 0.29) is 24.0 Å². The third-order valence-electron chi connectivity index (χ3n) is 5.44. The van der Waals surface area contributed by atoms with E-state index in [1.807, 2.05) is 11.7 Å². The maximum absolute atomic E-state index is 4.75. The van der Waals surface area contributed by atoms with Gasteiger partial charge in [-0.3, -0.25) is 9.67 Å². The number of halogens is 1. The highest BCUT2D eigenvalue weighted by Gasteiger charge is 2.12. The van der Waals surface area contributed by atoms with Gasteiger partial charge in [-0.25, -0.2) is 0 Å². The molecule has 0 bridgehead atoms. The Balaban J connectivity index is 0.00000338. The lowest BCUT2D eigenvalue weighted by Gasteiger charge is -2.20. The zero-order chi connectivity index (χ0) is 18.1. The normalized spacial score (nSPS) is 15.6. The molecule has 1 aromatic heterocycles. The van der Waals surface area contributed by atoms with Gasteiger partial charge in [0.2, 0.25) is 0 Å². The first-order chi connectivity index (χ1) is 12.1. The van der Waals surface area contributed by atoms with Crippen molar-refractivity contribution in [2.24, 2.45) is 18.0 Å². The molecule has 1 saturated carbocycles. The molecule has 0 spiro atoms. The Bertz CT molecular complexity index is 547. The van der Waals surface area contributed by atoms with Crippen LogP contribution in [0, 0.1) is 19.8 Å². The van der Waals surface area contributed by atoms with Gasteiger partial charge in [0, 0.05) is 32.4 Å². The van der Waals surface area contributed by atoms with Gasteiger partial charge in [0.25, 0.3) is 0 Å². The van der Waals surface area contributed by atoms with E-state index >= 15 is 0 Å². The molecule has 1 aliphatic carbocycles. The minimum absolute atomic E-state index is 0. The average Bonchev–Trinajstić information content (AvgIpc) is 2.85. The average molecular weight is 475 g/mol. The van der Waals surface area contributed by atoms with Gasteiger partial charge >= 0.3 is 0 Å². The number of aryl methyl sites for hydroxylation is 2. The van der Waals surface area contributed by atoms with E-state index in [0.29, 0.717) is 0 Å². The Morgan fingerprint density at radius 3 is 2.54 bits per heavy atom. The maximum atomic E-state index is 4.75. The van der Waals surface area contributed by atoms with E-state index in [2.05, 4.69) is 36.5 Å². The Morgan fingerprint density at radius 1 is 1.19 bits per heavy atom. The van der Waals surface area contributed by atoms with Gasteiger partial charge in [-0.15, -0.1) is 24.0 Å². The van der Waals surface area contributed by atoms with Crippen LogP contribution in [0.5, 0.6) is 0 Å². The quantitative estimate of drug-likeness (QED) is 0.258. The van der Waals surface area contributed by atoms with Crippen molar-refractivity contribution in [2.45, 2.75) is 72.1 Å². The monoisotopic (exact) mass is 475 g/mol. The molecule has 0 aromatic carbocycles. The minimum atomic E-state index is 0. The highest BCUT2D eigenvalue weighted by atomic mass is 127. The predicted molar refractivity (Wildman–Crippen MR) is 122 cm³/mol. The van der Waals surface area contributed by atoms with Crippen LogP contribution in [0.2, 0.25) is 0 Å². The molecule has 26 heavy (non-hydrogen) atoms. The second kappa shape index (κ2) is 12.6. The summed E-state index contributed by atoms with van der Waals surface area (Å²) in [7, 11) is 2.01. The van der Waals surface area contributed by atoms with Crippen molar-refractivity contribution in [2.75, 3.05) is 19.6 Å². The summed E-state index contributed by atoms with van der Waals surface area (Å²) in [6.07, 6.45) is 10.7. The number of rotatable bonds is 8. The van der Waals surface area contributed by atoms with Crippen LogP contribution in [-0.4, -0.2) is 35.4 Å². The molecule has 1 heterocycles. The van der Waals surface area contributed by atoms with Gasteiger partial charge in [-0.05, 0) is 51.5 Å². The summed E-state index contributed by atoms with van der Waals surface area (Å²) < 4.78 is 1.97. The molecule has 2 N–H and O–H groups in total. The van der Waals surface area contributed by atoms with Crippen LogP contribution < -0.4 is 10.6 Å². The molecular weight excluding hydrogens is 437 g/mol. The first-order valence-electron chi connectivity index (χ1n) is 10.1. The standard InChI is InChI=1S/C20H37N5.HI/c1-5-21-20(22-14-9-12-18-10-7-6-8-11-18)23-15-13-19-16(2)24-25(4)17(19)3;/h18H,5-15H2,1-4H3,(H2,21,22,23);1H. The third kappa shape index (κ3) is 7.45. The second-order valence-electron chi connectivity index (χ2n) is 7.36. The smallest absolute Gasteiger partial charge is 0.191 e. The summed E-state index contributed by atoms with van der Waals surface area (Å²) in [6.45, 7) is 9.07. The van der Waals surface area contributed by atoms with Crippen molar-refractivity contribution in [3.05, 3.63) is 17.0 Å². The molecule has 2 rings (SSSR count). The summed E-state index contributed by atoms with van der Waals surface area (Å²) >= 11 is 0. The molecule has 0 saturated heterocycles. The molecule has 150 valence electrons. The van der Waals surface area contributed by atoms with Crippen molar-refractivity contribution >= 4 is 29.9 Å². The fraction of sp³-hybridized carbons (Fsp3) is 0.800. The number of aliphatic imine (C=N–C) groups is 1. The van der Waals surface area contributed by atoms with Gasteiger partial charge in [-0.1, -0.05) is 32.1 Å². The van der Waals surface area contributed by atoms with Gasteiger partial charge in [-0.2, -0.15) is 5.10 Å². The van der Waals surface area contributed by atoms with E-state index in [0.717, 1.165) is 43.6 Å². The van der Waals surface area contributed by atoms with Crippen molar-refractivity contribution in [1.82, 2.24) is 20.4 Å². The van der Waals surface area contributed by atoms with Crippen LogP contribution in [0.1, 0.15) is 68.8 Å². The Hall–Kier alpha value is -0.790.